The molecule has 0 unspecified atom stereocenters. The summed E-state index contributed by atoms with van der Waals surface area (Å²) >= 11 is 0. The number of aromatic nitrogens is 3. The van der Waals surface area contributed by atoms with Crippen LogP contribution in [0.4, 0.5) is 0 Å². The molecule has 0 aromatic carbocycles. The van der Waals surface area contributed by atoms with Crippen LogP contribution in [0, 0.1) is 12.3 Å². The maximum absolute atomic E-state index is 13.4. The minimum atomic E-state index is -0.282. The molecule has 1 amide bonds. The van der Waals surface area contributed by atoms with Gasteiger partial charge < -0.3 is 9.88 Å². The highest BCUT2D eigenvalue weighted by Gasteiger charge is 2.23. The molecule has 1 aliphatic carbocycles. The fourth-order valence-corrected chi connectivity index (χ4v) is 4.95. The second-order valence-corrected chi connectivity index (χ2v) is 9.28. The maximum atomic E-state index is 13.4. The summed E-state index contributed by atoms with van der Waals surface area (Å²) in [4.78, 5) is 31.4. The van der Waals surface area contributed by atoms with E-state index >= 15 is 0 Å². The van der Waals surface area contributed by atoms with Crippen molar-refractivity contribution in [3.05, 3.63) is 51.4 Å². The van der Waals surface area contributed by atoms with Crippen LogP contribution in [0.1, 0.15) is 93.1 Å². The van der Waals surface area contributed by atoms with Gasteiger partial charge in [0.05, 0.1) is 10.9 Å². The van der Waals surface area contributed by atoms with E-state index in [1.807, 2.05) is 23.6 Å². The maximum Gasteiger partial charge on any atom is 0.267 e. The summed E-state index contributed by atoms with van der Waals surface area (Å²) in [5.41, 5.74) is 2.24. The minimum Gasteiger partial charge on any atom is -0.352 e. The quantitative estimate of drug-likeness (QED) is 0.387. The number of amides is 1. The molecule has 0 saturated heterocycles. The second kappa shape index (κ2) is 10.3. The zero-order valence-electron chi connectivity index (χ0n) is 19.8. The van der Waals surface area contributed by atoms with Crippen molar-refractivity contribution in [2.24, 2.45) is 0 Å². The van der Waals surface area contributed by atoms with E-state index in [0.717, 1.165) is 44.1 Å². The molecule has 0 spiro atoms. The van der Waals surface area contributed by atoms with Crippen LogP contribution < -0.4 is 16.4 Å². The van der Waals surface area contributed by atoms with Gasteiger partial charge in [0.1, 0.15) is 16.8 Å². The fourth-order valence-electron chi connectivity index (χ4n) is 4.95. The molecule has 2 N–H and O–H groups in total. The number of nitrogens with one attached hydrogen (secondary N) is 2. The third kappa shape index (κ3) is 4.72. The summed E-state index contributed by atoms with van der Waals surface area (Å²) < 4.78 is 3.40. The highest BCUT2D eigenvalue weighted by atomic mass is 16.1. The Morgan fingerprint density at radius 3 is 2.67 bits per heavy atom. The molecule has 1 saturated carbocycles. The number of rotatable bonds is 8. The van der Waals surface area contributed by atoms with E-state index in [-0.39, 0.29) is 28.6 Å². The van der Waals surface area contributed by atoms with Gasteiger partial charge >= 0.3 is 0 Å². The average molecular weight is 450 g/mol. The highest BCUT2D eigenvalue weighted by Crippen LogP contribution is 2.29. The lowest BCUT2D eigenvalue weighted by atomic mass is 9.94. The summed E-state index contributed by atoms with van der Waals surface area (Å²) in [6, 6.07) is 5.42. The summed E-state index contributed by atoms with van der Waals surface area (Å²) in [5, 5.41) is 12.3. The zero-order valence-corrected chi connectivity index (χ0v) is 19.8. The van der Waals surface area contributed by atoms with Crippen LogP contribution in [0.2, 0.25) is 0 Å². The summed E-state index contributed by atoms with van der Waals surface area (Å²) in [7, 11) is 0. The number of pyridine rings is 2. The first-order valence-corrected chi connectivity index (χ1v) is 12.4. The van der Waals surface area contributed by atoms with Crippen molar-refractivity contribution in [2.45, 2.75) is 84.1 Å². The third-order valence-corrected chi connectivity index (χ3v) is 6.83. The van der Waals surface area contributed by atoms with Gasteiger partial charge in [0.15, 0.2) is 0 Å². The van der Waals surface area contributed by atoms with Crippen molar-refractivity contribution in [3.63, 3.8) is 0 Å². The van der Waals surface area contributed by atoms with Gasteiger partial charge in [0.2, 0.25) is 0 Å². The molecule has 33 heavy (non-hydrogen) atoms. The molecule has 7 heteroatoms. The van der Waals surface area contributed by atoms with Crippen molar-refractivity contribution >= 4 is 22.6 Å². The van der Waals surface area contributed by atoms with Crippen LogP contribution in [-0.2, 0) is 0 Å². The lowest BCUT2D eigenvalue weighted by Crippen LogP contribution is -2.37. The molecule has 0 radical (unpaired) electrons. The molecule has 0 bridgehead atoms. The molecule has 4 rings (SSSR count). The van der Waals surface area contributed by atoms with E-state index in [1.165, 1.54) is 25.7 Å². The molecule has 1 aliphatic rings. The molecule has 3 heterocycles. The monoisotopic (exact) mass is 449 g/mol. The normalized spacial score (nSPS) is 14.7. The first-order chi connectivity index (χ1) is 16.0. The number of nitrogens with zero attached hydrogens (tertiary/aromatic N) is 3. The van der Waals surface area contributed by atoms with E-state index < -0.39 is 0 Å². The van der Waals surface area contributed by atoms with Crippen LogP contribution in [0.5, 0.6) is 0 Å². The fraction of sp³-hybridized carbons (Fsp3) is 0.538. The topological polar surface area (TPSA) is 92.2 Å². The Labute approximate surface area is 194 Å². The van der Waals surface area contributed by atoms with Crippen LogP contribution in [0.15, 0.2) is 29.2 Å². The number of carbonyl (C=O) groups excluding carboxylic acids is 1. The molecular weight excluding hydrogens is 414 g/mol. The van der Waals surface area contributed by atoms with E-state index in [1.54, 1.807) is 16.7 Å². The average Bonchev–Trinajstić information content (AvgIpc) is 2.82. The van der Waals surface area contributed by atoms with Gasteiger partial charge in [-0.25, -0.2) is 4.98 Å². The predicted octanol–water partition coefficient (Wildman–Crippen LogP) is 4.64. The molecule has 176 valence electrons. The van der Waals surface area contributed by atoms with Crippen molar-refractivity contribution in [1.82, 2.24) is 19.3 Å². The number of hydrogen-bond donors (Lipinski definition) is 2. The van der Waals surface area contributed by atoms with Gasteiger partial charge in [0, 0.05) is 18.8 Å². The second-order valence-electron chi connectivity index (χ2n) is 9.28. The number of fused-ring (bicyclic) bond motifs is 2. The Bertz CT molecular complexity index is 1270. The van der Waals surface area contributed by atoms with Crippen LogP contribution in [0.3, 0.4) is 0 Å². The Morgan fingerprint density at radius 2 is 1.91 bits per heavy atom. The van der Waals surface area contributed by atoms with E-state index in [0.29, 0.717) is 23.2 Å². The van der Waals surface area contributed by atoms with E-state index in [2.05, 4.69) is 12.2 Å². The highest BCUT2D eigenvalue weighted by molar-refractivity contribution is 5.96. The van der Waals surface area contributed by atoms with Gasteiger partial charge in [-0.05, 0) is 43.9 Å². The van der Waals surface area contributed by atoms with Crippen molar-refractivity contribution in [1.29, 1.82) is 5.41 Å². The first-order valence-electron chi connectivity index (χ1n) is 12.4. The van der Waals surface area contributed by atoms with Crippen LogP contribution >= 0.6 is 0 Å². The minimum absolute atomic E-state index is 0.0777. The van der Waals surface area contributed by atoms with Gasteiger partial charge in [-0.3, -0.25) is 19.4 Å². The van der Waals surface area contributed by atoms with Gasteiger partial charge in [-0.15, -0.1) is 0 Å². The predicted molar refractivity (Wildman–Crippen MR) is 131 cm³/mol. The van der Waals surface area contributed by atoms with Crippen LogP contribution in [0.25, 0.3) is 16.7 Å². The van der Waals surface area contributed by atoms with Crippen LogP contribution in [-0.4, -0.2) is 26.4 Å². The van der Waals surface area contributed by atoms with E-state index in [9.17, 15) is 9.59 Å². The number of hydrogen-bond acceptors (Lipinski definition) is 4. The molecule has 0 atom stereocenters. The third-order valence-electron chi connectivity index (χ3n) is 6.83. The standard InChI is InChI=1S/C26H35N5O2/c1-3-4-5-6-10-15-28-25(32)20-17-21-24(31(22(20)27)19-13-8-7-9-14-19)29-23-18(2)12-11-16-30(23)26(21)33/h11-12,16-17,19,27H,3-10,13-15H2,1-2H3,(H,28,32). The smallest absolute Gasteiger partial charge is 0.267 e. The van der Waals surface area contributed by atoms with E-state index in [4.69, 9.17) is 10.4 Å². The van der Waals surface area contributed by atoms with Gasteiger partial charge in [-0.1, -0.05) is 57.9 Å². The molecule has 3 aromatic rings. The van der Waals surface area contributed by atoms with Crippen molar-refractivity contribution in [3.8, 4) is 0 Å². The molecule has 7 nitrogen and oxygen atoms in total. The lowest BCUT2D eigenvalue weighted by molar-refractivity contribution is 0.0950. The first kappa shape index (κ1) is 23.2. The zero-order chi connectivity index (χ0) is 23.4. The molecular formula is C26H35N5O2. The van der Waals surface area contributed by atoms with Crippen molar-refractivity contribution in [2.75, 3.05) is 6.54 Å². The SMILES string of the molecule is CCCCCCCNC(=O)c1cc2c(=O)n3cccc(C)c3nc2n(C2CCCCC2)c1=N. The van der Waals surface area contributed by atoms with Gasteiger partial charge in [0.25, 0.3) is 11.5 Å². The largest absolute Gasteiger partial charge is 0.352 e. The Hall–Kier alpha value is -2.96. The molecule has 1 fully saturated rings. The lowest BCUT2D eigenvalue weighted by Gasteiger charge is -2.26. The Morgan fingerprint density at radius 1 is 1.15 bits per heavy atom. The molecule has 3 aromatic heterocycles. The Kier molecular flexibility index (Phi) is 7.26. The number of carbonyl (C=O) groups is 1. The molecule has 0 aliphatic heterocycles. The number of aryl methyl sites for hydroxylation is 1. The Balaban J connectivity index is 1.79. The summed E-state index contributed by atoms with van der Waals surface area (Å²) in [6.07, 6.45) is 12.5. The summed E-state index contributed by atoms with van der Waals surface area (Å²) in [5.74, 6) is -0.282. The summed E-state index contributed by atoms with van der Waals surface area (Å²) in [6.45, 7) is 4.70. The van der Waals surface area contributed by atoms with Crippen molar-refractivity contribution < 1.29 is 4.79 Å². The number of unbranched alkanes of at least 4 members (excludes halogenated alkanes) is 4. The van der Waals surface area contributed by atoms with Gasteiger partial charge in [-0.2, -0.15) is 0 Å².